The number of carbonyl (C=O) groups is 1. The molecule has 0 spiro atoms. The van der Waals surface area contributed by atoms with E-state index in [1.165, 1.54) is 18.4 Å². The van der Waals surface area contributed by atoms with Gasteiger partial charge in [0.25, 0.3) is 0 Å². The van der Waals surface area contributed by atoms with Gasteiger partial charge in [-0.1, -0.05) is 36.6 Å². The monoisotopic (exact) mass is 292 g/mol. The van der Waals surface area contributed by atoms with Crippen molar-refractivity contribution in [2.45, 2.75) is 50.0 Å². The molecular weight excluding hydrogens is 272 g/mol. The fourth-order valence-corrected chi connectivity index (χ4v) is 3.20. The molecule has 0 aromatic heterocycles. The summed E-state index contributed by atoms with van der Waals surface area (Å²) in [6.07, 6.45) is 6.99. The molecule has 1 aromatic rings. The standard InChI is InChI=1S/C16H21ClN2O/c17-13-7-5-12(6-8-13)16(9-10-16)11-18-15(20)19-14-3-1-2-4-14/h5-8,14H,1-4,9-11H2,(H2,18,19,20). The number of amides is 2. The number of nitrogens with one attached hydrogen (secondary N) is 2. The largest absolute Gasteiger partial charge is 0.337 e. The Bertz CT molecular complexity index is 476. The first-order chi connectivity index (χ1) is 9.68. The van der Waals surface area contributed by atoms with Crippen molar-refractivity contribution in [1.29, 1.82) is 0 Å². The van der Waals surface area contributed by atoms with Crippen molar-refractivity contribution in [2.75, 3.05) is 6.54 Å². The maximum Gasteiger partial charge on any atom is 0.315 e. The predicted molar refractivity (Wildman–Crippen MR) is 81.2 cm³/mol. The van der Waals surface area contributed by atoms with Crippen LogP contribution in [0.5, 0.6) is 0 Å². The lowest BCUT2D eigenvalue weighted by Crippen LogP contribution is -2.43. The summed E-state index contributed by atoms with van der Waals surface area (Å²) in [5.41, 5.74) is 1.42. The van der Waals surface area contributed by atoms with Crippen LogP contribution in [-0.2, 0) is 5.41 Å². The van der Waals surface area contributed by atoms with Gasteiger partial charge in [0.2, 0.25) is 0 Å². The van der Waals surface area contributed by atoms with E-state index in [1.54, 1.807) is 0 Å². The molecule has 2 fully saturated rings. The summed E-state index contributed by atoms with van der Waals surface area (Å²) in [6, 6.07) is 8.36. The minimum atomic E-state index is -0.0165. The van der Waals surface area contributed by atoms with Crippen molar-refractivity contribution >= 4 is 17.6 Å². The summed E-state index contributed by atoms with van der Waals surface area (Å²) in [4.78, 5) is 11.9. The molecule has 20 heavy (non-hydrogen) atoms. The normalized spacial score (nSPS) is 20.6. The molecule has 2 saturated carbocycles. The Balaban J connectivity index is 1.52. The van der Waals surface area contributed by atoms with Crippen LogP contribution in [0.1, 0.15) is 44.1 Å². The van der Waals surface area contributed by atoms with Crippen molar-refractivity contribution < 1.29 is 4.79 Å². The van der Waals surface area contributed by atoms with Crippen LogP contribution in [0.4, 0.5) is 4.79 Å². The number of benzene rings is 1. The van der Waals surface area contributed by atoms with E-state index in [1.807, 2.05) is 12.1 Å². The molecule has 0 radical (unpaired) electrons. The van der Waals surface area contributed by atoms with Crippen LogP contribution in [0.3, 0.4) is 0 Å². The van der Waals surface area contributed by atoms with E-state index in [9.17, 15) is 4.79 Å². The lowest BCUT2D eigenvalue weighted by atomic mass is 9.96. The Morgan fingerprint density at radius 2 is 1.85 bits per heavy atom. The van der Waals surface area contributed by atoms with Gasteiger partial charge in [-0.25, -0.2) is 4.79 Å². The zero-order valence-corrected chi connectivity index (χ0v) is 12.4. The van der Waals surface area contributed by atoms with Gasteiger partial charge < -0.3 is 10.6 Å². The molecule has 2 N–H and O–H groups in total. The molecular formula is C16H21ClN2O. The number of halogens is 1. The van der Waals surface area contributed by atoms with Gasteiger partial charge in [-0.05, 0) is 43.4 Å². The molecule has 1 aromatic carbocycles. The smallest absolute Gasteiger partial charge is 0.315 e. The average molecular weight is 293 g/mol. The van der Waals surface area contributed by atoms with E-state index in [0.29, 0.717) is 12.6 Å². The highest BCUT2D eigenvalue weighted by molar-refractivity contribution is 6.30. The van der Waals surface area contributed by atoms with Crippen LogP contribution in [0.15, 0.2) is 24.3 Å². The highest BCUT2D eigenvalue weighted by atomic mass is 35.5. The van der Waals surface area contributed by atoms with E-state index < -0.39 is 0 Å². The summed E-state index contributed by atoms with van der Waals surface area (Å²) < 4.78 is 0. The van der Waals surface area contributed by atoms with Gasteiger partial charge in [0.05, 0.1) is 0 Å². The maximum atomic E-state index is 11.9. The molecule has 0 bridgehead atoms. The van der Waals surface area contributed by atoms with E-state index >= 15 is 0 Å². The van der Waals surface area contributed by atoms with E-state index in [0.717, 1.165) is 30.7 Å². The number of hydrogen-bond donors (Lipinski definition) is 2. The van der Waals surface area contributed by atoms with Crippen LogP contribution < -0.4 is 10.6 Å². The summed E-state index contributed by atoms with van der Waals surface area (Å²) in [7, 11) is 0. The Kier molecular flexibility index (Phi) is 3.88. The van der Waals surface area contributed by atoms with Crippen LogP contribution >= 0.6 is 11.6 Å². The van der Waals surface area contributed by atoms with Crippen molar-refractivity contribution in [1.82, 2.24) is 10.6 Å². The number of urea groups is 1. The highest BCUT2D eigenvalue weighted by Crippen LogP contribution is 2.47. The molecule has 108 valence electrons. The van der Waals surface area contributed by atoms with Crippen LogP contribution in [0.2, 0.25) is 5.02 Å². The van der Waals surface area contributed by atoms with Gasteiger partial charge in [-0.15, -0.1) is 0 Å². The molecule has 4 heteroatoms. The van der Waals surface area contributed by atoms with Crippen molar-refractivity contribution in [3.63, 3.8) is 0 Å². The molecule has 3 nitrogen and oxygen atoms in total. The summed E-state index contributed by atoms with van der Waals surface area (Å²) in [6.45, 7) is 0.715. The molecule has 0 atom stereocenters. The average Bonchev–Trinajstić information content (AvgIpc) is 3.07. The van der Waals surface area contributed by atoms with E-state index in [2.05, 4.69) is 22.8 Å². The fraction of sp³-hybridized carbons (Fsp3) is 0.562. The summed E-state index contributed by atoms with van der Waals surface area (Å²) >= 11 is 5.93. The first-order valence-electron chi connectivity index (χ1n) is 7.48. The minimum Gasteiger partial charge on any atom is -0.337 e. The SMILES string of the molecule is O=C(NCC1(c2ccc(Cl)cc2)CC1)NC1CCCC1. The lowest BCUT2D eigenvalue weighted by Gasteiger charge is -2.18. The highest BCUT2D eigenvalue weighted by Gasteiger charge is 2.44. The third-order valence-corrected chi connectivity index (χ3v) is 4.84. The Labute approximate surface area is 125 Å². The van der Waals surface area contributed by atoms with Crippen molar-refractivity contribution in [2.24, 2.45) is 0 Å². The lowest BCUT2D eigenvalue weighted by molar-refractivity contribution is 0.236. The minimum absolute atomic E-state index is 0.0165. The number of carbonyl (C=O) groups excluding carboxylic acids is 1. The molecule has 0 aliphatic heterocycles. The molecule has 2 aliphatic carbocycles. The van der Waals surface area contributed by atoms with Gasteiger partial charge >= 0.3 is 6.03 Å². The quantitative estimate of drug-likeness (QED) is 0.874. The Morgan fingerprint density at radius 3 is 2.45 bits per heavy atom. The first kappa shape index (κ1) is 13.7. The first-order valence-corrected chi connectivity index (χ1v) is 7.86. The second kappa shape index (κ2) is 5.65. The third kappa shape index (κ3) is 3.09. The number of rotatable bonds is 4. The predicted octanol–water partition coefficient (Wildman–Crippen LogP) is 3.61. The van der Waals surface area contributed by atoms with Crippen molar-refractivity contribution in [3.05, 3.63) is 34.9 Å². The van der Waals surface area contributed by atoms with Gasteiger partial charge in [0, 0.05) is 23.0 Å². The zero-order valence-electron chi connectivity index (χ0n) is 11.6. The second-order valence-corrected chi connectivity index (χ2v) is 6.53. The van der Waals surface area contributed by atoms with Crippen molar-refractivity contribution in [3.8, 4) is 0 Å². The Morgan fingerprint density at radius 1 is 1.20 bits per heavy atom. The molecule has 0 saturated heterocycles. The number of hydrogen-bond acceptors (Lipinski definition) is 1. The maximum absolute atomic E-state index is 11.9. The van der Waals surface area contributed by atoms with Crippen LogP contribution in [-0.4, -0.2) is 18.6 Å². The fourth-order valence-electron chi connectivity index (χ4n) is 3.08. The van der Waals surface area contributed by atoms with Gasteiger partial charge in [0.1, 0.15) is 0 Å². The molecule has 3 rings (SSSR count). The van der Waals surface area contributed by atoms with E-state index in [4.69, 9.17) is 11.6 Å². The zero-order chi connectivity index (χ0) is 14.0. The van der Waals surface area contributed by atoms with Crippen LogP contribution in [0, 0.1) is 0 Å². The van der Waals surface area contributed by atoms with Crippen LogP contribution in [0.25, 0.3) is 0 Å². The second-order valence-electron chi connectivity index (χ2n) is 6.10. The molecule has 2 amide bonds. The summed E-state index contributed by atoms with van der Waals surface area (Å²) in [5, 5.41) is 6.87. The third-order valence-electron chi connectivity index (χ3n) is 4.59. The van der Waals surface area contributed by atoms with Gasteiger partial charge in [-0.2, -0.15) is 0 Å². The molecule has 0 unspecified atom stereocenters. The van der Waals surface area contributed by atoms with Gasteiger partial charge in [0.15, 0.2) is 0 Å². The Hall–Kier alpha value is -1.22. The topological polar surface area (TPSA) is 41.1 Å². The summed E-state index contributed by atoms with van der Waals surface area (Å²) in [5.74, 6) is 0. The van der Waals surface area contributed by atoms with E-state index in [-0.39, 0.29) is 11.4 Å². The molecule has 2 aliphatic rings. The van der Waals surface area contributed by atoms with Gasteiger partial charge in [-0.3, -0.25) is 0 Å². The molecule has 0 heterocycles.